The Labute approximate surface area is 181 Å². The van der Waals surface area contributed by atoms with Crippen LogP contribution in [0, 0.1) is 0 Å². The first-order chi connectivity index (χ1) is 14.7. The average molecular weight is 439 g/mol. The number of thioether (sulfide) groups is 1. The molecular weight excluding hydrogens is 420 g/mol. The van der Waals surface area contributed by atoms with E-state index in [4.69, 9.17) is 10.5 Å². The second-order valence-corrected chi connectivity index (χ2v) is 8.11. The number of nitrogens with one attached hydrogen (secondary N) is 2. The molecule has 2 heterocycles. The largest absolute Gasteiger partial charge is 0.495 e. The zero-order valence-electron chi connectivity index (χ0n) is 15.9. The van der Waals surface area contributed by atoms with Crippen molar-refractivity contribution in [3.05, 3.63) is 60.4 Å². The van der Waals surface area contributed by atoms with E-state index in [2.05, 4.69) is 35.8 Å². The van der Waals surface area contributed by atoms with Crippen LogP contribution < -0.4 is 21.1 Å². The van der Waals surface area contributed by atoms with Crippen molar-refractivity contribution >= 4 is 51.5 Å². The number of anilines is 5. The van der Waals surface area contributed by atoms with Gasteiger partial charge in [-0.2, -0.15) is 15.0 Å². The summed E-state index contributed by atoms with van der Waals surface area (Å²) in [5, 5.41) is 15.4. The first-order valence-electron chi connectivity index (χ1n) is 8.88. The predicted molar refractivity (Wildman–Crippen MR) is 120 cm³/mol. The van der Waals surface area contributed by atoms with E-state index in [9.17, 15) is 0 Å². The first-order valence-corrected chi connectivity index (χ1v) is 10.7. The topological polar surface area (TPSA) is 124 Å². The van der Waals surface area contributed by atoms with Crippen molar-refractivity contribution < 1.29 is 4.74 Å². The summed E-state index contributed by atoms with van der Waals surface area (Å²) < 4.78 is 6.12. The van der Waals surface area contributed by atoms with Crippen LogP contribution in [0.15, 0.2) is 58.9 Å². The number of para-hydroxylation sites is 3. The lowest BCUT2D eigenvalue weighted by atomic mass is 10.3. The third kappa shape index (κ3) is 5.13. The second-order valence-electron chi connectivity index (χ2n) is 5.91. The molecule has 0 unspecified atom stereocenters. The summed E-state index contributed by atoms with van der Waals surface area (Å²) in [4.78, 5) is 12.8. The lowest BCUT2D eigenvalue weighted by Crippen LogP contribution is -2.06. The number of nitrogen functional groups attached to an aromatic ring is 1. The van der Waals surface area contributed by atoms with Gasteiger partial charge in [-0.05, 0) is 24.3 Å². The highest BCUT2D eigenvalue weighted by Gasteiger charge is 2.10. The molecule has 0 amide bonds. The molecule has 0 atom stereocenters. The summed E-state index contributed by atoms with van der Waals surface area (Å²) in [6, 6.07) is 17.3. The van der Waals surface area contributed by atoms with Crippen molar-refractivity contribution in [2.75, 3.05) is 23.5 Å². The molecule has 0 saturated carbocycles. The fourth-order valence-electron chi connectivity index (χ4n) is 2.52. The Kier molecular flexibility index (Phi) is 6.20. The molecule has 4 rings (SSSR count). The number of methoxy groups -OCH3 is 1. The van der Waals surface area contributed by atoms with Crippen LogP contribution in [0.5, 0.6) is 5.75 Å². The van der Waals surface area contributed by atoms with Gasteiger partial charge in [-0.3, -0.25) is 0 Å². The molecule has 4 aromatic rings. The molecule has 0 aliphatic rings. The van der Waals surface area contributed by atoms with Crippen LogP contribution in [0.2, 0.25) is 0 Å². The van der Waals surface area contributed by atoms with Crippen LogP contribution in [0.25, 0.3) is 0 Å². The van der Waals surface area contributed by atoms with E-state index in [0.717, 1.165) is 21.5 Å². The highest BCUT2D eigenvalue weighted by molar-refractivity contribution is 8.00. The van der Waals surface area contributed by atoms with Crippen molar-refractivity contribution in [2.45, 2.75) is 10.1 Å². The maximum atomic E-state index is 5.84. The Morgan fingerprint density at radius 1 is 0.967 bits per heavy atom. The number of hydrogen-bond acceptors (Lipinski definition) is 11. The molecule has 0 aliphatic carbocycles. The van der Waals surface area contributed by atoms with Gasteiger partial charge in [0.15, 0.2) is 4.34 Å². The van der Waals surface area contributed by atoms with Crippen molar-refractivity contribution in [3.8, 4) is 5.75 Å². The number of aromatic nitrogens is 5. The summed E-state index contributed by atoms with van der Waals surface area (Å²) in [5.41, 5.74) is 7.54. The van der Waals surface area contributed by atoms with E-state index in [1.807, 2.05) is 54.6 Å². The smallest absolute Gasteiger partial charge is 0.232 e. The molecule has 11 heteroatoms. The Balaban J connectivity index is 1.40. The van der Waals surface area contributed by atoms with Crippen molar-refractivity contribution in [1.29, 1.82) is 0 Å². The van der Waals surface area contributed by atoms with Crippen LogP contribution in [-0.2, 0) is 5.75 Å². The Hall–Kier alpha value is -3.44. The van der Waals surface area contributed by atoms with Crippen molar-refractivity contribution in [3.63, 3.8) is 0 Å². The number of nitrogens with zero attached hydrogens (tertiary/aromatic N) is 5. The normalized spacial score (nSPS) is 10.6. The maximum Gasteiger partial charge on any atom is 0.232 e. The summed E-state index contributed by atoms with van der Waals surface area (Å²) in [5.74, 6) is 2.34. The monoisotopic (exact) mass is 438 g/mol. The molecule has 0 fully saturated rings. The Morgan fingerprint density at radius 3 is 2.60 bits per heavy atom. The highest BCUT2D eigenvalue weighted by atomic mass is 32.2. The van der Waals surface area contributed by atoms with Crippen LogP contribution in [-0.4, -0.2) is 32.3 Å². The van der Waals surface area contributed by atoms with E-state index >= 15 is 0 Å². The van der Waals surface area contributed by atoms with Gasteiger partial charge in [0.05, 0.1) is 18.6 Å². The Morgan fingerprint density at radius 2 is 1.77 bits per heavy atom. The van der Waals surface area contributed by atoms with Gasteiger partial charge >= 0.3 is 0 Å². The number of ether oxygens (including phenoxy) is 1. The lowest BCUT2D eigenvalue weighted by Gasteiger charge is -2.07. The third-order valence-electron chi connectivity index (χ3n) is 3.81. The number of rotatable bonds is 8. The van der Waals surface area contributed by atoms with E-state index in [1.54, 1.807) is 7.11 Å². The standard InChI is InChI=1S/C19H18N8OS2/c1-28-14-10-6-5-9-13(14)22-18-26-27-19(30-18)29-11-15-23-16(20)25-17(24-15)21-12-7-3-2-4-8-12/h2-10H,11H2,1H3,(H,22,26)(H3,20,21,23,24,25). The van der Waals surface area contributed by atoms with Crippen LogP contribution >= 0.6 is 23.1 Å². The van der Waals surface area contributed by atoms with Crippen LogP contribution in [0.3, 0.4) is 0 Å². The van der Waals surface area contributed by atoms with Crippen LogP contribution in [0.4, 0.5) is 28.4 Å². The van der Waals surface area contributed by atoms with Crippen molar-refractivity contribution in [2.24, 2.45) is 0 Å². The highest BCUT2D eigenvalue weighted by Crippen LogP contribution is 2.32. The summed E-state index contributed by atoms with van der Waals surface area (Å²) in [7, 11) is 1.63. The predicted octanol–water partition coefficient (Wildman–Crippen LogP) is 4.09. The molecule has 0 radical (unpaired) electrons. The molecular formula is C19H18N8OS2. The van der Waals surface area contributed by atoms with Gasteiger partial charge in [-0.15, -0.1) is 10.2 Å². The minimum absolute atomic E-state index is 0.162. The van der Waals surface area contributed by atoms with Crippen molar-refractivity contribution in [1.82, 2.24) is 25.1 Å². The van der Waals surface area contributed by atoms with Crippen LogP contribution in [0.1, 0.15) is 5.82 Å². The van der Waals surface area contributed by atoms with Gasteiger partial charge < -0.3 is 21.1 Å². The van der Waals surface area contributed by atoms with E-state index in [0.29, 0.717) is 22.7 Å². The maximum absolute atomic E-state index is 5.84. The Bertz CT molecular complexity index is 1120. The quantitative estimate of drug-likeness (QED) is 0.346. The average Bonchev–Trinajstić information content (AvgIpc) is 3.20. The summed E-state index contributed by atoms with van der Waals surface area (Å²) in [6.45, 7) is 0. The molecule has 0 spiro atoms. The first kappa shape index (κ1) is 19.9. The lowest BCUT2D eigenvalue weighted by molar-refractivity contribution is 0.417. The molecule has 0 saturated heterocycles. The molecule has 152 valence electrons. The van der Waals surface area contributed by atoms with E-state index < -0.39 is 0 Å². The number of benzene rings is 2. The zero-order chi connectivity index (χ0) is 20.8. The minimum Gasteiger partial charge on any atom is -0.495 e. The number of hydrogen-bond donors (Lipinski definition) is 3. The molecule has 0 aliphatic heterocycles. The summed E-state index contributed by atoms with van der Waals surface area (Å²) in [6.07, 6.45) is 0. The molecule has 4 N–H and O–H groups in total. The minimum atomic E-state index is 0.162. The fraction of sp³-hybridized carbons (Fsp3) is 0.105. The zero-order valence-corrected chi connectivity index (χ0v) is 17.6. The van der Waals surface area contributed by atoms with Gasteiger partial charge in [0.2, 0.25) is 17.0 Å². The van der Waals surface area contributed by atoms with E-state index in [-0.39, 0.29) is 5.95 Å². The van der Waals surface area contributed by atoms with Gasteiger partial charge in [0, 0.05) is 5.69 Å². The SMILES string of the molecule is COc1ccccc1Nc1nnc(SCc2nc(N)nc(Nc3ccccc3)n2)s1. The molecule has 30 heavy (non-hydrogen) atoms. The fourth-order valence-corrected chi connectivity index (χ4v) is 4.14. The van der Waals surface area contributed by atoms with Gasteiger partial charge in [-0.25, -0.2) is 0 Å². The molecule has 0 bridgehead atoms. The third-order valence-corrected chi connectivity index (χ3v) is 5.78. The molecule has 2 aromatic carbocycles. The van der Waals surface area contributed by atoms with Gasteiger partial charge in [0.1, 0.15) is 11.6 Å². The number of nitrogens with two attached hydrogens (primary N) is 1. The summed E-state index contributed by atoms with van der Waals surface area (Å²) >= 11 is 2.91. The van der Waals surface area contributed by atoms with Gasteiger partial charge in [0.25, 0.3) is 0 Å². The second kappa shape index (κ2) is 9.37. The molecule has 9 nitrogen and oxygen atoms in total. The molecule has 2 aromatic heterocycles. The van der Waals surface area contributed by atoms with Gasteiger partial charge in [-0.1, -0.05) is 53.4 Å². The van der Waals surface area contributed by atoms with E-state index in [1.165, 1.54) is 23.1 Å².